The fraction of sp³-hybridized carbons (Fsp3) is 0.692. The molecule has 43 heavy (non-hydrogen) atoms. The maximum Gasteiger partial charge on any atom is 0.331 e. The Morgan fingerprint density at radius 2 is 1.60 bits per heavy atom. The molecular weight excluding hydrogens is 532 g/mol. The van der Waals surface area contributed by atoms with Crippen molar-refractivity contribution in [3.05, 3.63) is 48.1 Å². The Morgan fingerprint density at radius 3 is 2.28 bits per heavy atom. The number of phenols is 1. The molecule has 0 spiro atoms. The molecule has 1 aromatic rings. The molecule has 0 aromatic heterocycles. The van der Waals surface area contributed by atoms with Gasteiger partial charge in [0, 0.05) is 16.9 Å². The third kappa shape index (κ3) is 4.43. The van der Waals surface area contributed by atoms with Crippen LogP contribution in [-0.2, 0) is 14.3 Å². The quantitative estimate of drug-likeness (QED) is 0.162. The van der Waals surface area contributed by atoms with Crippen LogP contribution < -0.4 is 0 Å². The number of aldehydes is 1. The lowest BCUT2D eigenvalue weighted by atomic mass is 9.32. The second kappa shape index (κ2) is 10.3. The molecular formula is C39H54O4. The third-order valence-corrected chi connectivity index (χ3v) is 14.9. The van der Waals surface area contributed by atoms with E-state index >= 15 is 0 Å². The predicted molar refractivity (Wildman–Crippen MR) is 172 cm³/mol. The maximum atomic E-state index is 13.0. The molecule has 4 nitrogen and oxygen atoms in total. The Balaban J connectivity index is 1.23. The van der Waals surface area contributed by atoms with E-state index in [1.807, 2.05) is 0 Å². The molecule has 5 saturated carbocycles. The van der Waals surface area contributed by atoms with Gasteiger partial charge >= 0.3 is 5.97 Å². The average molecular weight is 587 g/mol. The van der Waals surface area contributed by atoms with Gasteiger partial charge in [0.25, 0.3) is 0 Å². The average Bonchev–Trinajstić information content (AvgIpc) is 3.35. The number of esters is 1. The van der Waals surface area contributed by atoms with Crippen molar-refractivity contribution in [3.63, 3.8) is 0 Å². The Morgan fingerprint density at radius 1 is 0.884 bits per heavy atom. The summed E-state index contributed by atoms with van der Waals surface area (Å²) in [6.07, 6.45) is 15.8. The summed E-state index contributed by atoms with van der Waals surface area (Å²) in [6.45, 7) is 19.2. The van der Waals surface area contributed by atoms with E-state index in [9.17, 15) is 14.7 Å². The molecule has 1 N–H and O–H groups in total. The van der Waals surface area contributed by atoms with E-state index in [0.717, 1.165) is 37.7 Å². The number of phenolic OH excluding ortho intramolecular Hbond substituents is 1. The van der Waals surface area contributed by atoms with E-state index in [-0.39, 0.29) is 44.9 Å². The molecule has 10 atom stereocenters. The summed E-state index contributed by atoms with van der Waals surface area (Å²) >= 11 is 0. The van der Waals surface area contributed by atoms with E-state index in [2.05, 4.69) is 48.1 Å². The summed E-state index contributed by atoms with van der Waals surface area (Å²) in [5.74, 6) is 2.58. The third-order valence-electron chi connectivity index (χ3n) is 14.9. The number of hydrogen-bond donors (Lipinski definition) is 1. The fourth-order valence-electron chi connectivity index (χ4n) is 12.5. The van der Waals surface area contributed by atoms with Crippen LogP contribution in [0.3, 0.4) is 0 Å². The molecule has 0 bridgehead atoms. The van der Waals surface area contributed by atoms with Gasteiger partial charge in [-0.1, -0.05) is 58.9 Å². The number of aromatic hydroxyl groups is 1. The van der Waals surface area contributed by atoms with Crippen LogP contribution in [0.5, 0.6) is 5.75 Å². The standard InChI is InChI=1S/C39H54O4/c1-25(2)28-16-21-39(24-40)23-22-37(6)29(34(28)39)13-14-31-36(5)19-18-32(35(3,4)30(36)17-20-38(31,37)7)43-33(42)15-10-26-8-11-27(41)12-9-26/h8-12,15,24,28-32,34,41H,1,13-14,16-23H2,2-7H3/b15-10+/t28-,29+,30-,31+,32-,34+,36-,37+,38+,39+/m0/s1. The highest BCUT2D eigenvalue weighted by atomic mass is 16.5. The van der Waals surface area contributed by atoms with Crippen molar-refractivity contribution in [1.82, 2.24) is 0 Å². The van der Waals surface area contributed by atoms with Crippen LogP contribution in [0.15, 0.2) is 42.5 Å². The van der Waals surface area contributed by atoms with Gasteiger partial charge in [-0.15, -0.1) is 0 Å². The van der Waals surface area contributed by atoms with Gasteiger partial charge in [0.2, 0.25) is 0 Å². The van der Waals surface area contributed by atoms with Crippen molar-refractivity contribution in [2.75, 3.05) is 0 Å². The Kier molecular flexibility index (Phi) is 7.38. The number of ether oxygens (including phenoxy) is 1. The summed E-state index contributed by atoms with van der Waals surface area (Å²) < 4.78 is 6.20. The summed E-state index contributed by atoms with van der Waals surface area (Å²) in [4.78, 5) is 25.7. The number of hydrogen-bond acceptors (Lipinski definition) is 4. The first-order chi connectivity index (χ1) is 20.2. The lowest BCUT2D eigenvalue weighted by Crippen LogP contribution is -2.66. The highest BCUT2D eigenvalue weighted by molar-refractivity contribution is 5.87. The molecule has 5 fully saturated rings. The van der Waals surface area contributed by atoms with Gasteiger partial charge in [-0.25, -0.2) is 4.79 Å². The predicted octanol–water partition coefficient (Wildman–Crippen LogP) is 9.17. The second-order valence-electron chi connectivity index (χ2n) is 16.7. The molecule has 4 heteroatoms. The van der Waals surface area contributed by atoms with Gasteiger partial charge in [0.15, 0.2) is 0 Å². The van der Waals surface area contributed by atoms with E-state index in [4.69, 9.17) is 4.74 Å². The van der Waals surface area contributed by atoms with Crippen LogP contribution in [-0.4, -0.2) is 23.5 Å². The molecule has 6 rings (SSSR count). The number of carbonyl (C=O) groups excluding carboxylic acids is 2. The first-order valence-electron chi connectivity index (χ1n) is 17.0. The normalized spacial score (nSPS) is 44.9. The van der Waals surface area contributed by atoms with E-state index < -0.39 is 0 Å². The highest BCUT2D eigenvalue weighted by Gasteiger charge is 2.71. The Labute approximate surface area is 259 Å². The zero-order valence-electron chi connectivity index (χ0n) is 27.5. The lowest BCUT2D eigenvalue weighted by molar-refractivity contribution is -0.247. The van der Waals surface area contributed by atoms with Crippen molar-refractivity contribution in [3.8, 4) is 5.75 Å². The van der Waals surface area contributed by atoms with Gasteiger partial charge in [-0.05, 0) is 141 Å². The summed E-state index contributed by atoms with van der Waals surface area (Å²) in [5, 5.41) is 9.54. The van der Waals surface area contributed by atoms with Crippen LogP contribution in [0.25, 0.3) is 6.08 Å². The molecule has 0 aliphatic heterocycles. The largest absolute Gasteiger partial charge is 0.508 e. The zero-order valence-corrected chi connectivity index (χ0v) is 27.5. The zero-order chi connectivity index (χ0) is 31.0. The second-order valence-corrected chi connectivity index (χ2v) is 16.7. The van der Waals surface area contributed by atoms with Gasteiger partial charge in [0.1, 0.15) is 18.1 Å². The van der Waals surface area contributed by atoms with E-state index in [0.29, 0.717) is 29.6 Å². The van der Waals surface area contributed by atoms with Gasteiger partial charge < -0.3 is 14.6 Å². The number of carbonyl (C=O) groups is 2. The highest BCUT2D eigenvalue weighted by Crippen LogP contribution is 2.77. The van der Waals surface area contributed by atoms with Crippen LogP contribution in [0.1, 0.15) is 111 Å². The summed E-state index contributed by atoms with van der Waals surface area (Å²) in [5.41, 5.74) is 2.58. The lowest BCUT2D eigenvalue weighted by Gasteiger charge is -2.72. The molecule has 0 amide bonds. The maximum absolute atomic E-state index is 13.0. The van der Waals surface area contributed by atoms with Crippen molar-refractivity contribution >= 4 is 18.3 Å². The van der Waals surface area contributed by atoms with E-state index in [1.54, 1.807) is 30.3 Å². The number of allylic oxidation sites excluding steroid dienone is 1. The van der Waals surface area contributed by atoms with Crippen LogP contribution in [0.2, 0.25) is 0 Å². The van der Waals surface area contributed by atoms with Gasteiger partial charge in [0.05, 0.1) is 0 Å². The molecule has 0 radical (unpaired) electrons. The minimum Gasteiger partial charge on any atom is -0.508 e. The van der Waals surface area contributed by atoms with Gasteiger partial charge in [-0.2, -0.15) is 0 Å². The first-order valence-corrected chi connectivity index (χ1v) is 17.0. The minimum absolute atomic E-state index is 0.100. The number of fused-ring (bicyclic) bond motifs is 7. The van der Waals surface area contributed by atoms with Crippen molar-refractivity contribution in [2.24, 2.45) is 56.7 Å². The fourth-order valence-corrected chi connectivity index (χ4v) is 12.5. The monoisotopic (exact) mass is 586 g/mol. The Bertz CT molecular complexity index is 1310. The molecule has 0 unspecified atom stereocenters. The van der Waals surface area contributed by atoms with Crippen LogP contribution in [0, 0.1) is 56.7 Å². The first kappa shape index (κ1) is 30.7. The Hall–Kier alpha value is -2.36. The molecule has 0 saturated heterocycles. The van der Waals surface area contributed by atoms with Crippen molar-refractivity contribution in [1.29, 1.82) is 0 Å². The molecule has 5 aliphatic rings. The minimum atomic E-state index is -0.284. The van der Waals surface area contributed by atoms with Gasteiger partial charge in [-0.3, -0.25) is 0 Å². The SMILES string of the molecule is C=C(C)[C@@H]1CC[C@]2(C=O)CC[C@]3(C)[C@H](CC[C@@H]4[C@@]5(C)CC[C@H](OC(=O)/C=C/c6ccc(O)cc6)C(C)(C)[C@@H]5CC[C@]43C)[C@@H]12. The number of rotatable bonds is 5. The molecule has 0 heterocycles. The smallest absolute Gasteiger partial charge is 0.331 e. The molecule has 234 valence electrons. The van der Waals surface area contributed by atoms with Crippen LogP contribution >= 0.6 is 0 Å². The number of benzene rings is 1. The molecule has 5 aliphatic carbocycles. The summed E-state index contributed by atoms with van der Waals surface area (Å²) in [7, 11) is 0. The van der Waals surface area contributed by atoms with Crippen molar-refractivity contribution < 1.29 is 19.4 Å². The topological polar surface area (TPSA) is 63.6 Å². The van der Waals surface area contributed by atoms with Crippen LogP contribution in [0.4, 0.5) is 0 Å². The van der Waals surface area contributed by atoms with Crippen molar-refractivity contribution in [2.45, 2.75) is 112 Å². The summed E-state index contributed by atoms with van der Waals surface area (Å²) in [6, 6.07) is 6.83. The van der Waals surface area contributed by atoms with E-state index in [1.165, 1.54) is 50.0 Å². The molecule has 1 aromatic carbocycles.